The van der Waals surface area contributed by atoms with Gasteiger partial charge in [-0.1, -0.05) is 70.4 Å². The van der Waals surface area contributed by atoms with Gasteiger partial charge in [0.25, 0.3) is 0 Å². The SMILES string of the molecule is CCCCCCCC/C=C\CCCCCCCC(=O)[O-].O=S(=O)([O-])[O-].[Na+].[Na+].[Na+]. The predicted octanol–water partition coefficient (Wildman–Crippen LogP) is -5.55. The van der Waals surface area contributed by atoms with E-state index in [-0.39, 0.29) is 95.1 Å². The molecule has 0 saturated heterocycles. The van der Waals surface area contributed by atoms with Gasteiger partial charge in [-0.15, -0.1) is 0 Å². The summed E-state index contributed by atoms with van der Waals surface area (Å²) in [6.07, 6.45) is 20.9. The number of carbonyl (C=O) groups excluding carboxylic acids is 1. The van der Waals surface area contributed by atoms with Gasteiger partial charge in [0, 0.05) is 16.4 Å². The summed E-state index contributed by atoms with van der Waals surface area (Å²) in [4.78, 5) is 10.2. The molecule has 0 rings (SSSR count). The molecule has 0 aliphatic rings. The molecule has 0 unspecified atom stereocenters. The normalized spacial score (nSPS) is 10.1. The van der Waals surface area contributed by atoms with Gasteiger partial charge < -0.3 is 19.0 Å². The Balaban J connectivity index is -0.000000195. The van der Waals surface area contributed by atoms with Crippen LogP contribution in [0.25, 0.3) is 0 Å². The number of hydrogen-bond acceptors (Lipinski definition) is 6. The van der Waals surface area contributed by atoms with Crippen molar-refractivity contribution in [1.29, 1.82) is 0 Å². The zero-order valence-corrected chi connectivity index (χ0v) is 25.2. The third-order valence-electron chi connectivity index (χ3n) is 3.64. The van der Waals surface area contributed by atoms with E-state index in [9.17, 15) is 9.90 Å². The third-order valence-corrected chi connectivity index (χ3v) is 3.64. The van der Waals surface area contributed by atoms with Crippen molar-refractivity contribution < 1.29 is 116 Å². The maximum absolute atomic E-state index is 10.2. The number of carboxylic acids is 1. The molecule has 0 aromatic rings. The van der Waals surface area contributed by atoms with Gasteiger partial charge in [0.1, 0.15) is 0 Å². The van der Waals surface area contributed by atoms with Crippen molar-refractivity contribution in [1.82, 2.24) is 0 Å². The molecule has 0 saturated carbocycles. The fourth-order valence-electron chi connectivity index (χ4n) is 2.34. The molecule has 0 heterocycles. The maximum Gasteiger partial charge on any atom is 1.00 e. The van der Waals surface area contributed by atoms with Crippen LogP contribution in [-0.4, -0.2) is 23.5 Å². The number of allylic oxidation sites excluding steroid dienone is 2. The van der Waals surface area contributed by atoms with Crippen LogP contribution in [0, 0.1) is 0 Å². The number of carbonyl (C=O) groups is 1. The van der Waals surface area contributed by atoms with Crippen molar-refractivity contribution >= 4 is 16.4 Å². The predicted molar refractivity (Wildman–Crippen MR) is 94.9 cm³/mol. The van der Waals surface area contributed by atoms with Crippen LogP contribution in [0.2, 0.25) is 0 Å². The first-order chi connectivity index (χ1) is 11.8. The standard InChI is InChI=1S/C18H34O2.3Na.H2O4S/c1-2-3-4-5-6-7-8-9-10-11-12-13-14-15-16-17-18(19)20;;;;1-5(2,3)4/h9-10H,2-8,11-17H2,1H3,(H,19,20);;;;(H2,1,2,3,4)/q;3*+1;/p-3/b10-9-;;;;. The summed E-state index contributed by atoms with van der Waals surface area (Å²) in [7, 11) is -5.17. The zero-order chi connectivity index (χ0) is 19.4. The molecule has 0 fully saturated rings. The fourth-order valence-corrected chi connectivity index (χ4v) is 2.34. The molecule has 0 aromatic heterocycles. The molecular weight excluding hydrogens is 413 g/mol. The van der Waals surface area contributed by atoms with Crippen LogP contribution in [0.15, 0.2) is 12.2 Å². The maximum atomic E-state index is 10.2. The molecule has 0 atom stereocenters. The van der Waals surface area contributed by atoms with Gasteiger partial charge >= 0.3 is 88.7 Å². The van der Waals surface area contributed by atoms with Gasteiger partial charge in [-0.25, -0.2) is 0 Å². The second kappa shape index (κ2) is 31.3. The van der Waals surface area contributed by atoms with E-state index >= 15 is 0 Å². The first kappa shape index (κ1) is 40.4. The average molecular weight is 446 g/mol. The van der Waals surface area contributed by atoms with Crippen molar-refractivity contribution in [3.8, 4) is 0 Å². The van der Waals surface area contributed by atoms with E-state index < -0.39 is 16.4 Å². The summed E-state index contributed by atoms with van der Waals surface area (Å²) in [6.45, 7) is 2.26. The Bertz CT molecular complexity index is 423. The van der Waals surface area contributed by atoms with Gasteiger partial charge in [-0.2, -0.15) is 0 Å². The molecule has 0 radical (unpaired) electrons. The molecule has 28 heavy (non-hydrogen) atoms. The molecule has 0 aromatic carbocycles. The Morgan fingerprint density at radius 1 is 0.714 bits per heavy atom. The molecule has 150 valence electrons. The van der Waals surface area contributed by atoms with Crippen molar-refractivity contribution in [2.45, 2.75) is 96.8 Å². The van der Waals surface area contributed by atoms with Crippen LogP contribution in [-0.2, 0) is 15.2 Å². The van der Waals surface area contributed by atoms with Crippen molar-refractivity contribution in [3.63, 3.8) is 0 Å². The average Bonchev–Trinajstić information content (AvgIpc) is 2.49. The van der Waals surface area contributed by atoms with Crippen LogP contribution >= 0.6 is 0 Å². The Kier molecular flexibility index (Phi) is 45.2. The zero-order valence-electron chi connectivity index (χ0n) is 18.4. The molecule has 0 N–H and O–H groups in total. The van der Waals surface area contributed by atoms with Crippen LogP contribution in [0.4, 0.5) is 0 Å². The number of rotatable bonds is 15. The van der Waals surface area contributed by atoms with Gasteiger partial charge in [-0.05, 0) is 38.5 Å². The summed E-state index contributed by atoms with van der Waals surface area (Å²) in [5, 5.41) is 10.2. The molecule has 0 bridgehead atoms. The second-order valence-electron chi connectivity index (χ2n) is 6.11. The van der Waals surface area contributed by atoms with Crippen LogP contribution in [0.1, 0.15) is 96.8 Å². The van der Waals surface area contributed by atoms with E-state index in [2.05, 4.69) is 19.1 Å². The molecule has 6 nitrogen and oxygen atoms in total. The van der Waals surface area contributed by atoms with Gasteiger partial charge in [0.2, 0.25) is 0 Å². The van der Waals surface area contributed by atoms with Gasteiger partial charge in [-0.3, -0.25) is 8.42 Å². The van der Waals surface area contributed by atoms with E-state index in [1.807, 2.05) is 0 Å². The minimum absolute atomic E-state index is 0. The summed E-state index contributed by atoms with van der Waals surface area (Å²) < 4.78 is 34.1. The first-order valence-electron chi connectivity index (χ1n) is 9.29. The Morgan fingerprint density at radius 3 is 1.39 bits per heavy atom. The van der Waals surface area contributed by atoms with E-state index in [1.165, 1.54) is 64.2 Å². The monoisotopic (exact) mass is 446 g/mol. The summed E-state index contributed by atoms with van der Waals surface area (Å²) in [5.41, 5.74) is 0. The van der Waals surface area contributed by atoms with Crippen LogP contribution in [0.3, 0.4) is 0 Å². The molecule has 0 amide bonds. The molecule has 0 spiro atoms. The smallest absolute Gasteiger partial charge is 0.759 e. The topological polar surface area (TPSA) is 120 Å². The number of hydrogen-bond donors (Lipinski definition) is 0. The van der Waals surface area contributed by atoms with Crippen LogP contribution < -0.4 is 93.8 Å². The Labute approximate surface area is 238 Å². The van der Waals surface area contributed by atoms with E-state index in [0.29, 0.717) is 0 Å². The van der Waals surface area contributed by atoms with E-state index in [4.69, 9.17) is 17.5 Å². The van der Waals surface area contributed by atoms with Crippen molar-refractivity contribution in [2.75, 3.05) is 0 Å². The minimum atomic E-state index is -5.17. The van der Waals surface area contributed by atoms with E-state index in [0.717, 1.165) is 19.3 Å². The van der Waals surface area contributed by atoms with Crippen molar-refractivity contribution in [2.24, 2.45) is 0 Å². The van der Waals surface area contributed by atoms with Crippen molar-refractivity contribution in [3.05, 3.63) is 12.2 Å². The fraction of sp³-hybridized carbons (Fsp3) is 0.833. The van der Waals surface area contributed by atoms with Crippen LogP contribution in [0.5, 0.6) is 0 Å². The molecule has 0 aliphatic carbocycles. The minimum Gasteiger partial charge on any atom is -0.759 e. The molecule has 10 heteroatoms. The van der Waals surface area contributed by atoms with Gasteiger partial charge in [0.05, 0.1) is 0 Å². The summed E-state index contributed by atoms with van der Waals surface area (Å²) >= 11 is 0. The number of unbranched alkanes of at least 4 members (excludes halogenated alkanes) is 11. The van der Waals surface area contributed by atoms with E-state index in [1.54, 1.807) is 0 Å². The Morgan fingerprint density at radius 2 is 1.04 bits per heavy atom. The number of carboxylic acid groups (broad SMARTS) is 1. The first-order valence-corrected chi connectivity index (χ1v) is 10.6. The Hall–Kier alpha value is 2.08. The summed E-state index contributed by atoms with van der Waals surface area (Å²) in [6, 6.07) is 0. The molecular formula is C18H33Na3O6S. The van der Waals surface area contributed by atoms with Gasteiger partial charge in [0.15, 0.2) is 0 Å². The second-order valence-corrected chi connectivity index (χ2v) is 6.93. The third kappa shape index (κ3) is 56.6. The largest absolute Gasteiger partial charge is 1.00 e. The molecule has 0 aliphatic heterocycles. The quantitative estimate of drug-likeness (QED) is 0.0814. The number of aliphatic carboxylic acids is 1. The summed E-state index contributed by atoms with van der Waals surface area (Å²) in [5.74, 6) is -0.914.